The van der Waals surface area contributed by atoms with Gasteiger partial charge in [-0.25, -0.2) is 4.72 Å². The number of nitrogens with zero attached hydrogens (tertiary/aromatic N) is 2. The van der Waals surface area contributed by atoms with E-state index in [4.69, 9.17) is 16.3 Å². The fourth-order valence-electron chi connectivity index (χ4n) is 7.44. The molecule has 2 bridgehead atoms. The zero-order valence-corrected chi connectivity index (χ0v) is 25.8. The average Bonchev–Trinajstić information content (AvgIpc) is 3.07. The molecular weight excluding hydrogens is 574 g/mol. The van der Waals surface area contributed by atoms with E-state index >= 15 is 0 Å². The Morgan fingerprint density at radius 2 is 2.02 bits per heavy atom. The zero-order valence-electron chi connectivity index (χ0n) is 24.3. The maximum absolute atomic E-state index is 13.4. The number of amides is 1. The van der Waals surface area contributed by atoms with Gasteiger partial charge in [0.2, 0.25) is 0 Å². The summed E-state index contributed by atoms with van der Waals surface area (Å²) in [6.45, 7) is 5.67. The molecule has 0 aromatic heterocycles. The molecule has 42 heavy (non-hydrogen) atoms. The van der Waals surface area contributed by atoms with Crippen LogP contribution in [0.1, 0.15) is 67.4 Å². The van der Waals surface area contributed by atoms with E-state index in [0.717, 1.165) is 42.8 Å². The lowest BCUT2D eigenvalue weighted by Gasteiger charge is -2.45. The summed E-state index contributed by atoms with van der Waals surface area (Å²) in [5, 5.41) is 11.9. The van der Waals surface area contributed by atoms with E-state index in [2.05, 4.69) is 21.8 Å². The molecule has 2 aromatic carbocycles. The molecule has 1 fully saturated rings. The second-order valence-electron chi connectivity index (χ2n) is 12.4. The lowest BCUT2D eigenvalue weighted by atomic mass is 9.68. The first-order valence-corrected chi connectivity index (χ1v) is 16.9. The van der Waals surface area contributed by atoms with Crippen LogP contribution in [0.15, 0.2) is 48.6 Å². The van der Waals surface area contributed by atoms with Crippen molar-refractivity contribution in [3.05, 3.63) is 70.3 Å². The van der Waals surface area contributed by atoms with Crippen LogP contribution in [0.25, 0.3) is 0 Å². The summed E-state index contributed by atoms with van der Waals surface area (Å²) in [7, 11) is -4.09. The van der Waals surface area contributed by atoms with Gasteiger partial charge < -0.3 is 14.7 Å². The molecule has 1 amide bonds. The van der Waals surface area contributed by atoms with Crippen LogP contribution in [0.3, 0.4) is 0 Å². The number of carbonyl (C=O) groups is 1. The van der Waals surface area contributed by atoms with E-state index in [1.807, 2.05) is 25.1 Å². The molecule has 2 aliphatic heterocycles. The molecule has 1 saturated carbocycles. The van der Waals surface area contributed by atoms with Crippen molar-refractivity contribution in [2.75, 3.05) is 31.1 Å². The van der Waals surface area contributed by atoms with Crippen LogP contribution in [0.4, 0.5) is 5.69 Å². The quantitative estimate of drug-likeness (QED) is 0.447. The third kappa shape index (κ3) is 5.45. The average molecular weight is 614 g/mol. The number of aliphatic hydroxyl groups excluding tert-OH is 1. The topological polar surface area (TPSA) is 99.2 Å². The van der Waals surface area contributed by atoms with Crippen molar-refractivity contribution in [3.8, 4) is 5.75 Å². The number of hydrogen-bond donors (Lipinski definition) is 2. The number of rotatable bonds is 1. The predicted octanol–water partition coefficient (Wildman–Crippen LogP) is 4.85. The summed E-state index contributed by atoms with van der Waals surface area (Å²) in [5.41, 5.74) is 3.28. The molecular formula is C32H40ClN3O5S. The Morgan fingerprint density at radius 1 is 1.19 bits per heavy atom. The highest BCUT2D eigenvalue weighted by Gasteiger charge is 2.44. The molecule has 2 aliphatic carbocycles. The highest BCUT2D eigenvalue weighted by Crippen LogP contribution is 2.46. The summed E-state index contributed by atoms with van der Waals surface area (Å²) in [5.74, 6) is 0.396. The van der Waals surface area contributed by atoms with Crippen LogP contribution >= 0.6 is 11.6 Å². The predicted molar refractivity (Wildman–Crippen MR) is 164 cm³/mol. The van der Waals surface area contributed by atoms with E-state index in [0.29, 0.717) is 31.9 Å². The molecule has 4 aliphatic rings. The van der Waals surface area contributed by atoms with Crippen molar-refractivity contribution < 1.29 is 23.1 Å². The van der Waals surface area contributed by atoms with Gasteiger partial charge in [0.1, 0.15) is 5.75 Å². The smallest absolute Gasteiger partial charge is 0.304 e. The largest absolute Gasteiger partial charge is 0.490 e. The summed E-state index contributed by atoms with van der Waals surface area (Å²) in [4.78, 5) is 15.7. The first-order valence-electron chi connectivity index (χ1n) is 15.1. The number of nitrogens with one attached hydrogen (secondary N) is 1. The number of aryl methyl sites for hydroxylation is 1. The summed E-state index contributed by atoms with van der Waals surface area (Å²) in [6.07, 6.45) is 8.43. The van der Waals surface area contributed by atoms with Crippen LogP contribution in [0, 0.1) is 11.8 Å². The van der Waals surface area contributed by atoms with Gasteiger partial charge in [0.15, 0.2) is 0 Å². The van der Waals surface area contributed by atoms with Gasteiger partial charge >= 0.3 is 10.2 Å². The highest BCUT2D eigenvalue weighted by molar-refractivity contribution is 7.87. The molecule has 8 nitrogen and oxygen atoms in total. The number of benzene rings is 2. The Hall–Kier alpha value is -2.59. The molecule has 10 heteroatoms. The molecule has 0 radical (unpaired) electrons. The number of fused-ring (bicyclic) bond motifs is 4. The molecule has 226 valence electrons. The number of halogens is 1. The number of anilines is 1. The highest BCUT2D eigenvalue weighted by atomic mass is 35.5. The van der Waals surface area contributed by atoms with Crippen molar-refractivity contribution in [2.24, 2.45) is 11.8 Å². The van der Waals surface area contributed by atoms with Gasteiger partial charge in [-0.15, -0.1) is 0 Å². The van der Waals surface area contributed by atoms with E-state index in [-0.39, 0.29) is 35.4 Å². The molecule has 2 heterocycles. The Balaban J connectivity index is 1.42. The summed E-state index contributed by atoms with van der Waals surface area (Å²) in [6, 6.07) is 11.0. The van der Waals surface area contributed by atoms with E-state index in [1.54, 1.807) is 25.1 Å². The van der Waals surface area contributed by atoms with Crippen LogP contribution in [0.2, 0.25) is 5.02 Å². The zero-order chi connectivity index (χ0) is 29.6. The van der Waals surface area contributed by atoms with Crippen LogP contribution < -0.4 is 14.4 Å². The lowest BCUT2D eigenvalue weighted by Crippen LogP contribution is -2.49. The van der Waals surface area contributed by atoms with Crippen LogP contribution in [-0.4, -0.2) is 62.1 Å². The Labute approximate surface area is 253 Å². The number of aliphatic hydroxyl groups is 1. The van der Waals surface area contributed by atoms with Gasteiger partial charge in [-0.3, -0.25) is 4.79 Å². The fourth-order valence-corrected chi connectivity index (χ4v) is 9.00. The van der Waals surface area contributed by atoms with E-state index < -0.39 is 22.2 Å². The Kier molecular flexibility index (Phi) is 8.06. The number of ether oxygens (including phenoxy) is 1. The van der Waals surface area contributed by atoms with Gasteiger partial charge in [0.25, 0.3) is 5.91 Å². The maximum atomic E-state index is 13.4. The molecule has 0 saturated heterocycles. The monoisotopic (exact) mass is 613 g/mol. The molecule has 2 aromatic rings. The molecule has 1 unspecified atom stereocenters. The first kappa shape index (κ1) is 29.5. The van der Waals surface area contributed by atoms with E-state index in [1.165, 1.54) is 15.4 Å². The van der Waals surface area contributed by atoms with Gasteiger partial charge in [0.05, 0.1) is 18.4 Å². The Bertz CT molecular complexity index is 1500. The van der Waals surface area contributed by atoms with E-state index in [9.17, 15) is 18.3 Å². The van der Waals surface area contributed by atoms with Gasteiger partial charge in [-0.1, -0.05) is 36.7 Å². The van der Waals surface area contributed by atoms with Crippen molar-refractivity contribution in [1.82, 2.24) is 9.03 Å². The van der Waals surface area contributed by atoms with Gasteiger partial charge in [0, 0.05) is 41.7 Å². The van der Waals surface area contributed by atoms with Crippen molar-refractivity contribution in [2.45, 2.75) is 69.9 Å². The van der Waals surface area contributed by atoms with Crippen LogP contribution in [-0.2, 0) is 22.0 Å². The SMILES string of the molecule is CCN1C(C)C/C=C/[C@H](O)[C@@H]2CC[C@H]2CN2C[C@@]3(CCCc4cc(Cl)ccc43)COc3ccc(cc32)C(=O)NS1(=O)=O. The summed E-state index contributed by atoms with van der Waals surface area (Å²) >= 11 is 6.38. The fraction of sp³-hybridized carbons (Fsp3) is 0.531. The minimum atomic E-state index is -4.09. The molecule has 5 atom stereocenters. The number of carbonyl (C=O) groups excluding carboxylic acids is 1. The molecule has 6 rings (SSSR count). The minimum absolute atomic E-state index is 0.114. The van der Waals surface area contributed by atoms with Crippen LogP contribution in [0.5, 0.6) is 5.75 Å². The number of hydrogen-bond acceptors (Lipinski definition) is 6. The third-order valence-corrected chi connectivity index (χ3v) is 11.7. The maximum Gasteiger partial charge on any atom is 0.304 e. The third-order valence-electron chi connectivity index (χ3n) is 9.81. The normalized spacial score (nSPS) is 32.0. The van der Waals surface area contributed by atoms with Crippen molar-refractivity contribution in [1.29, 1.82) is 0 Å². The standard InChI is InChI=1S/C32H40ClN3O5S/c1-3-36-21(2)6-4-8-29(37)26-12-9-24(26)18-35-19-32(15-5-7-22-16-25(33)11-13-27(22)32)20-41-30-14-10-23(17-28(30)35)31(38)34-42(36,39)40/h4,8,10-11,13-14,16-17,21,24,26,29,37H,3,5-7,9,12,15,18-20H2,1-2H3,(H,34,38)/b8-4+/t21?,24-,26+,29-,32-/m0/s1. The summed E-state index contributed by atoms with van der Waals surface area (Å²) < 4.78 is 36.7. The van der Waals surface area contributed by atoms with Crippen molar-refractivity contribution in [3.63, 3.8) is 0 Å². The minimum Gasteiger partial charge on any atom is -0.490 e. The molecule has 1 spiro atoms. The van der Waals surface area contributed by atoms with Gasteiger partial charge in [-0.2, -0.15) is 12.7 Å². The lowest BCUT2D eigenvalue weighted by molar-refractivity contribution is 0.0455. The van der Waals surface area contributed by atoms with Gasteiger partial charge in [-0.05, 0) is 98.7 Å². The second-order valence-corrected chi connectivity index (χ2v) is 14.5. The second kappa shape index (κ2) is 11.5. The first-order chi connectivity index (χ1) is 20.1. The Morgan fingerprint density at radius 3 is 2.79 bits per heavy atom. The molecule has 2 N–H and O–H groups in total. The van der Waals surface area contributed by atoms with Crippen molar-refractivity contribution >= 4 is 33.4 Å².